The molecule has 1 aliphatic rings. The summed E-state index contributed by atoms with van der Waals surface area (Å²) < 4.78 is 70.3. The SMILES string of the molecule is O=C(Nc1cc(S(=O)(=O)N2CCCCCC2)ccc1OCC(F)(F)F)c1ccnc(Cl)c1. The summed E-state index contributed by atoms with van der Waals surface area (Å²) in [7, 11) is -3.90. The molecule has 1 aromatic carbocycles. The van der Waals surface area contributed by atoms with Gasteiger partial charge in [-0.05, 0) is 43.2 Å². The van der Waals surface area contributed by atoms with Gasteiger partial charge in [-0.15, -0.1) is 0 Å². The summed E-state index contributed by atoms with van der Waals surface area (Å²) in [6, 6.07) is 6.00. The summed E-state index contributed by atoms with van der Waals surface area (Å²) in [6.45, 7) is -0.896. The summed E-state index contributed by atoms with van der Waals surface area (Å²) >= 11 is 5.78. The van der Waals surface area contributed by atoms with Crippen molar-refractivity contribution in [2.24, 2.45) is 0 Å². The van der Waals surface area contributed by atoms with E-state index < -0.39 is 28.7 Å². The molecular weight excluding hydrogens is 471 g/mol. The first kappa shape index (κ1) is 24.3. The van der Waals surface area contributed by atoms with Crippen LogP contribution in [-0.2, 0) is 10.0 Å². The normalized spacial score (nSPS) is 15.8. The monoisotopic (exact) mass is 491 g/mol. The van der Waals surface area contributed by atoms with Crippen LogP contribution in [0.25, 0.3) is 0 Å². The van der Waals surface area contributed by atoms with Crippen molar-refractivity contribution in [1.82, 2.24) is 9.29 Å². The van der Waals surface area contributed by atoms with E-state index in [-0.39, 0.29) is 27.0 Å². The molecule has 0 unspecified atom stereocenters. The van der Waals surface area contributed by atoms with Gasteiger partial charge in [0.15, 0.2) is 6.61 Å². The van der Waals surface area contributed by atoms with Crippen LogP contribution >= 0.6 is 11.6 Å². The number of hydrogen-bond donors (Lipinski definition) is 1. The zero-order valence-corrected chi connectivity index (χ0v) is 18.4. The summed E-state index contributed by atoms with van der Waals surface area (Å²) in [5, 5.41) is 2.46. The van der Waals surface area contributed by atoms with E-state index in [0.717, 1.165) is 37.8 Å². The molecule has 2 heterocycles. The zero-order chi connectivity index (χ0) is 23.4. The summed E-state index contributed by atoms with van der Waals surface area (Å²) in [4.78, 5) is 16.2. The van der Waals surface area contributed by atoms with Crippen molar-refractivity contribution in [2.45, 2.75) is 36.8 Å². The van der Waals surface area contributed by atoms with Crippen LogP contribution in [0.2, 0.25) is 5.15 Å². The summed E-state index contributed by atoms with van der Waals surface area (Å²) in [5.74, 6) is -1.03. The van der Waals surface area contributed by atoms with E-state index in [1.807, 2.05) is 0 Å². The lowest BCUT2D eigenvalue weighted by Gasteiger charge is -2.21. The van der Waals surface area contributed by atoms with Gasteiger partial charge in [0.1, 0.15) is 10.9 Å². The summed E-state index contributed by atoms with van der Waals surface area (Å²) in [6.07, 6.45) is -0.0376. The van der Waals surface area contributed by atoms with E-state index in [1.165, 1.54) is 28.7 Å². The molecule has 1 amide bonds. The average molecular weight is 492 g/mol. The molecule has 0 atom stereocenters. The molecule has 1 fully saturated rings. The smallest absolute Gasteiger partial charge is 0.422 e. The Morgan fingerprint density at radius 2 is 1.81 bits per heavy atom. The Labute approximate surface area is 188 Å². The number of amides is 1. The number of ether oxygens (including phenoxy) is 1. The third kappa shape index (κ3) is 6.33. The van der Waals surface area contributed by atoms with Crippen molar-refractivity contribution in [2.75, 3.05) is 25.0 Å². The Hall–Kier alpha value is -2.37. The van der Waals surface area contributed by atoms with E-state index in [9.17, 15) is 26.4 Å². The van der Waals surface area contributed by atoms with Crippen LogP contribution in [0, 0.1) is 0 Å². The number of pyridine rings is 1. The number of alkyl halides is 3. The van der Waals surface area contributed by atoms with Gasteiger partial charge < -0.3 is 10.1 Å². The minimum absolute atomic E-state index is 0.0451. The fourth-order valence-electron chi connectivity index (χ4n) is 3.22. The Bertz CT molecular complexity index is 1070. The second kappa shape index (κ2) is 10.1. The maximum atomic E-state index is 13.1. The van der Waals surface area contributed by atoms with Crippen molar-refractivity contribution in [3.8, 4) is 5.75 Å². The van der Waals surface area contributed by atoms with Crippen LogP contribution in [0.4, 0.5) is 18.9 Å². The number of carbonyl (C=O) groups excluding carboxylic acids is 1. The third-order valence-corrected chi connectivity index (χ3v) is 6.88. The van der Waals surface area contributed by atoms with Gasteiger partial charge in [0, 0.05) is 24.8 Å². The first-order valence-corrected chi connectivity index (χ1v) is 11.6. The molecular formula is C20H21ClF3N3O4S. The number of nitrogens with one attached hydrogen (secondary N) is 1. The zero-order valence-electron chi connectivity index (χ0n) is 16.9. The molecule has 1 aromatic heterocycles. The highest BCUT2D eigenvalue weighted by Gasteiger charge is 2.30. The molecule has 1 saturated heterocycles. The number of benzene rings is 1. The topological polar surface area (TPSA) is 88.6 Å². The number of aromatic nitrogens is 1. The molecule has 32 heavy (non-hydrogen) atoms. The van der Waals surface area contributed by atoms with E-state index in [4.69, 9.17) is 16.3 Å². The maximum Gasteiger partial charge on any atom is 0.422 e. The summed E-state index contributed by atoms with van der Waals surface area (Å²) in [5.41, 5.74) is -0.115. The highest BCUT2D eigenvalue weighted by molar-refractivity contribution is 7.89. The highest BCUT2D eigenvalue weighted by atomic mass is 35.5. The second-order valence-corrected chi connectivity index (χ2v) is 9.53. The fourth-order valence-corrected chi connectivity index (χ4v) is 4.94. The first-order valence-electron chi connectivity index (χ1n) is 9.83. The molecule has 0 radical (unpaired) electrons. The standard InChI is InChI=1S/C20H21ClF3N3O4S/c21-18-11-14(7-8-25-18)19(28)26-16-12-15(5-6-17(16)31-13-20(22,23)24)32(29,30)27-9-3-1-2-4-10-27/h5-8,11-12H,1-4,9-10,13H2,(H,26,28). The molecule has 0 bridgehead atoms. The molecule has 7 nitrogen and oxygen atoms in total. The number of anilines is 1. The third-order valence-electron chi connectivity index (χ3n) is 4.78. The highest BCUT2D eigenvalue weighted by Crippen LogP contribution is 2.32. The van der Waals surface area contributed by atoms with Crippen molar-refractivity contribution in [3.63, 3.8) is 0 Å². The number of halogens is 4. The van der Waals surface area contributed by atoms with E-state index in [1.54, 1.807) is 0 Å². The predicted molar refractivity (Wildman–Crippen MR) is 112 cm³/mol. The van der Waals surface area contributed by atoms with Gasteiger partial charge in [-0.3, -0.25) is 4.79 Å². The van der Waals surface area contributed by atoms with Crippen molar-refractivity contribution >= 4 is 33.2 Å². The van der Waals surface area contributed by atoms with Gasteiger partial charge in [-0.1, -0.05) is 24.4 Å². The van der Waals surface area contributed by atoms with Crippen LogP contribution < -0.4 is 10.1 Å². The van der Waals surface area contributed by atoms with Gasteiger partial charge in [-0.2, -0.15) is 17.5 Å². The van der Waals surface area contributed by atoms with Crippen LogP contribution in [0.5, 0.6) is 5.75 Å². The number of rotatable bonds is 6. The number of hydrogen-bond acceptors (Lipinski definition) is 5. The number of sulfonamides is 1. The van der Waals surface area contributed by atoms with Crippen LogP contribution in [0.1, 0.15) is 36.0 Å². The van der Waals surface area contributed by atoms with E-state index in [2.05, 4.69) is 10.3 Å². The van der Waals surface area contributed by atoms with Gasteiger partial charge in [0.2, 0.25) is 10.0 Å². The quantitative estimate of drug-likeness (QED) is 0.601. The van der Waals surface area contributed by atoms with Crippen LogP contribution in [0.3, 0.4) is 0 Å². The molecule has 0 aliphatic carbocycles. The lowest BCUT2D eigenvalue weighted by Crippen LogP contribution is -2.32. The molecule has 0 saturated carbocycles. The first-order chi connectivity index (χ1) is 15.1. The molecule has 2 aromatic rings. The lowest BCUT2D eigenvalue weighted by atomic mass is 10.2. The van der Waals surface area contributed by atoms with Gasteiger partial charge in [0.25, 0.3) is 5.91 Å². The molecule has 1 N–H and O–H groups in total. The van der Waals surface area contributed by atoms with Crippen molar-refractivity contribution < 1.29 is 31.1 Å². The minimum Gasteiger partial charge on any atom is -0.482 e. The van der Waals surface area contributed by atoms with E-state index in [0.29, 0.717) is 13.1 Å². The Balaban J connectivity index is 1.94. The molecule has 1 aliphatic heterocycles. The lowest BCUT2D eigenvalue weighted by molar-refractivity contribution is -0.153. The maximum absolute atomic E-state index is 13.1. The van der Waals surface area contributed by atoms with Crippen molar-refractivity contribution in [3.05, 3.63) is 47.2 Å². The van der Waals surface area contributed by atoms with Crippen LogP contribution in [0.15, 0.2) is 41.4 Å². The van der Waals surface area contributed by atoms with E-state index >= 15 is 0 Å². The second-order valence-electron chi connectivity index (χ2n) is 7.20. The van der Waals surface area contributed by atoms with Crippen LogP contribution in [-0.4, -0.2) is 49.5 Å². The largest absolute Gasteiger partial charge is 0.482 e. The van der Waals surface area contributed by atoms with Gasteiger partial charge in [0.05, 0.1) is 10.6 Å². The number of carbonyl (C=O) groups is 1. The Morgan fingerprint density at radius 1 is 1.12 bits per heavy atom. The average Bonchev–Trinajstić information content (AvgIpc) is 3.02. The molecule has 12 heteroatoms. The van der Waals surface area contributed by atoms with Gasteiger partial charge >= 0.3 is 6.18 Å². The van der Waals surface area contributed by atoms with Gasteiger partial charge in [-0.25, -0.2) is 13.4 Å². The van der Waals surface area contributed by atoms with Crippen molar-refractivity contribution in [1.29, 1.82) is 0 Å². The molecule has 0 spiro atoms. The minimum atomic E-state index is -4.61. The fraction of sp³-hybridized carbons (Fsp3) is 0.400. The number of nitrogens with zero attached hydrogens (tertiary/aromatic N) is 2. The Kier molecular flexibility index (Phi) is 7.63. The molecule has 174 valence electrons. The molecule has 3 rings (SSSR count). The predicted octanol–water partition coefficient (Wildman–Crippen LogP) is 4.49. The Morgan fingerprint density at radius 3 is 2.44 bits per heavy atom.